The van der Waals surface area contributed by atoms with Gasteiger partial charge in [-0.1, -0.05) is 17.7 Å². The van der Waals surface area contributed by atoms with Gasteiger partial charge < -0.3 is 10.3 Å². The van der Waals surface area contributed by atoms with Crippen LogP contribution in [0, 0.1) is 13.8 Å². The molecule has 98 valence electrons. The van der Waals surface area contributed by atoms with E-state index >= 15 is 0 Å². The third kappa shape index (κ3) is 2.91. The first-order valence-electron chi connectivity index (χ1n) is 6.06. The first-order valence-corrected chi connectivity index (χ1v) is 6.06. The number of nitrogens with one attached hydrogen (secondary N) is 2. The summed E-state index contributed by atoms with van der Waals surface area (Å²) in [5.41, 5.74) is 3.74. The van der Waals surface area contributed by atoms with Gasteiger partial charge in [0.15, 0.2) is 5.78 Å². The number of anilines is 1. The SMILES string of the molecule is CC(=O)c1ccc(C(=O)Nc2ccc(C)cc2C)[nH]1. The molecule has 0 aliphatic carbocycles. The van der Waals surface area contributed by atoms with Crippen molar-refractivity contribution in [2.45, 2.75) is 20.8 Å². The molecule has 0 unspecified atom stereocenters. The Morgan fingerprint density at radius 3 is 2.32 bits per heavy atom. The Kier molecular flexibility index (Phi) is 3.51. The Morgan fingerprint density at radius 2 is 1.74 bits per heavy atom. The van der Waals surface area contributed by atoms with Crippen molar-refractivity contribution >= 4 is 17.4 Å². The Bertz CT molecular complexity index is 641. The molecule has 0 bridgehead atoms. The Morgan fingerprint density at radius 1 is 1.05 bits per heavy atom. The summed E-state index contributed by atoms with van der Waals surface area (Å²) in [7, 11) is 0. The van der Waals surface area contributed by atoms with Crippen molar-refractivity contribution in [1.29, 1.82) is 0 Å². The standard InChI is InChI=1S/C15H16N2O2/c1-9-4-5-12(10(2)8-9)17-15(19)14-7-6-13(16-14)11(3)18/h4-8,16H,1-3H3,(H,17,19). The first kappa shape index (κ1) is 13.1. The number of aromatic nitrogens is 1. The lowest BCUT2D eigenvalue weighted by Crippen LogP contribution is -2.13. The van der Waals surface area contributed by atoms with E-state index in [0.29, 0.717) is 11.4 Å². The summed E-state index contributed by atoms with van der Waals surface area (Å²) in [6, 6.07) is 9.04. The molecule has 4 nitrogen and oxygen atoms in total. The van der Waals surface area contributed by atoms with E-state index in [9.17, 15) is 9.59 Å². The van der Waals surface area contributed by atoms with Crippen LogP contribution in [0.25, 0.3) is 0 Å². The molecule has 0 aliphatic heterocycles. The van der Waals surface area contributed by atoms with E-state index in [1.165, 1.54) is 6.92 Å². The average Bonchev–Trinajstić information content (AvgIpc) is 2.82. The molecule has 0 saturated carbocycles. The largest absolute Gasteiger partial charge is 0.348 e. The van der Waals surface area contributed by atoms with Crippen molar-refractivity contribution in [3.63, 3.8) is 0 Å². The van der Waals surface area contributed by atoms with Crippen molar-refractivity contribution in [3.8, 4) is 0 Å². The third-order valence-electron chi connectivity index (χ3n) is 2.94. The van der Waals surface area contributed by atoms with Crippen LogP contribution in [0.1, 0.15) is 39.0 Å². The molecular weight excluding hydrogens is 240 g/mol. The van der Waals surface area contributed by atoms with E-state index < -0.39 is 0 Å². The van der Waals surface area contributed by atoms with Crippen LogP contribution < -0.4 is 5.32 Å². The number of carbonyl (C=O) groups excluding carboxylic acids is 2. The molecule has 0 atom stereocenters. The molecule has 2 N–H and O–H groups in total. The maximum Gasteiger partial charge on any atom is 0.272 e. The van der Waals surface area contributed by atoms with E-state index in [2.05, 4.69) is 10.3 Å². The first-order chi connectivity index (χ1) is 8.97. The molecule has 4 heteroatoms. The molecule has 1 aromatic heterocycles. The van der Waals surface area contributed by atoms with Gasteiger partial charge >= 0.3 is 0 Å². The van der Waals surface area contributed by atoms with E-state index in [1.807, 2.05) is 32.0 Å². The Hall–Kier alpha value is -2.36. The fraction of sp³-hybridized carbons (Fsp3) is 0.200. The molecule has 0 spiro atoms. The summed E-state index contributed by atoms with van der Waals surface area (Å²) in [4.78, 5) is 26.0. The van der Waals surface area contributed by atoms with Crippen molar-refractivity contribution in [2.75, 3.05) is 5.32 Å². The monoisotopic (exact) mass is 256 g/mol. The second kappa shape index (κ2) is 5.10. The highest BCUT2D eigenvalue weighted by molar-refractivity contribution is 6.04. The molecule has 0 radical (unpaired) electrons. The van der Waals surface area contributed by atoms with Crippen molar-refractivity contribution in [3.05, 3.63) is 52.8 Å². The van der Waals surface area contributed by atoms with E-state index in [-0.39, 0.29) is 11.7 Å². The number of Topliss-reactive ketones (excluding diaryl/α,β-unsaturated/α-hetero) is 1. The highest BCUT2D eigenvalue weighted by Crippen LogP contribution is 2.17. The number of aromatic amines is 1. The number of rotatable bonds is 3. The average molecular weight is 256 g/mol. The van der Waals surface area contributed by atoms with Gasteiger partial charge in [0.2, 0.25) is 0 Å². The van der Waals surface area contributed by atoms with Crippen LogP contribution in [0.4, 0.5) is 5.69 Å². The zero-order chi connectivity index (χ0) is 14.0. The number of aryl methyl sites for hydroxylation is 2. The van der Waals surface area contributed by atoms with Gasteiger partial charge in [-0.3, -0.25) is 9.59 Å². The zero-order valence-corrected chi connectivity index (χ0v) is 11.2. The lowest BCUT2D eigenvalue weighted by Gasteiger charge is -2.08. The molecule has 0 fully saturated rings. The van der Waals surface area contributed by atoms with Crippen LogP contribution in [0.5, 0.6) is 0 Å². The summed E-state index contributed by atoms with van der Waals surface area (Å²) in [6.07, 6.45) is 0. The number of benzene rings is 1. The van der Waals surface area contributed by atoms with Crippen LogP contribution in [-0.4, -0.2) is 16.7 Å². The van der Waals surface area contributed by atoms with Crippen LogP contribution in [-0.2, 0) is 0 Å². The fourth-order valence-electron chi connectivity index (χ4n) is 1.88. The van der Waals surface area contributed by atoms with E-state index in [0.717, 1.165) is 16.8 Å². The quantitative estimate of drug-likeness (QED) is 0.829. The zero-order valence-electron chi connectivity index (χ0n) is 11.2. The minimum atomic E-state index is -0.251. The highest BCUT2D eigenvalue weighted by atomic mass is 16.2. The molecular formula is C15H16N2O2. The highest BCUT2D eigenvalue weighted by Gasteiger charge is 2.11. The topological polar surface area (TPSA) is 62.0 Å². The predicted octanol–water partition coefficient (Wildman–Crippen LogP) is 3.09. The molecule has 1 amide bonds. The summed E-state index contributed by atoms with van der Waals surface area (Å²) < 4.78 is 0. The summed E-state index contributed by atoms with van der Waals surface area (Å²) >= 11 is 0. The molecule has 0 aliphatic rings. The smallest absolute Gasteiger partial charge is 0.272 e. The second-order valence-corrected chi connectivity index (χ2v) is 4.61. The molecule has 1 heterocycles. The van der Waals surface area contributed by atoms with Gasteiger partial charge in [-0.25, -0.2) is 0 Å². The van der Waals surface area contributed by atoms with Crippen LogP contribution in [0.2, 0.25) is 0 Å². The van der Waals surface area contributed by atoms with Crippen LogP contribution in [0.3, 0.4) is 0 Å². The predicted molar refractivity (Wildman–Crippen MR) is 74.7 cm³/mol. The molecule has 2 aromatic rings. The second-order valence-electron chi connectivity index (χ2n) is 4.61. The summed E-state index contributed by atoms with van der Waals surface area (Å²) in [5.74, 6) is -0.343. The van der Waals surface area contributed by atoms with Crippen LogP contribution >= 0.6 is 0 Å². The molecule has 2 rings (SSSR count). The van der Waals surface area contributed by atoms with Gasteiger partial charge in [0, 0.05) is 12.6 Å². The fourth-order valence-corrected chi connectivity index (χ4v) is 1.88. The van der Waals surface area contributed by atoms with Crippen LogP contribution in [0.15, 0.2) is 30.3 Å². The van der Waals surface area contributed by atoms with Gasteiger partial charge in [-0.2, -0.15) is 0 Å². The molecule has 19 heavy (non-hydrogen) atoms. The molecule has 1 aromatic carbocycles. The minimum Gasteiger partial charge on any atom is -0.348 e. The normalized spacial score (nSPS) is 10.3. The van der Waals surface area contributed by atoms with Gasteiger partial charge in [0.25, 0.3) is 5.91 Å². The summed E-state index contributed by atoms with van der Waals surface area (Å²) in [6.45, 7) is 5.40. The van der Waals surface area contributed by atoms with Gasteiger partial charge in [0.05, 0.1) is 5.69 Å². The number of ketones is 1. The maximum atomic E-state index is 12.0. The lowest BCUT2D eigenvalue weighted by atomic mass is 10.1. The van der Waals surface area contributed by atoms with E-state index in [1.54, 1.807) is 12.1 Å². The lowest BCUT2D eigenvalue weighted by molar-refractivity contribution is 0.101. The Labute approximate surface area is 111 Å². The maximum absolute atomic E-state index is 12.0. The number of amides is 1. The number of carbonyl (C=O) groups is 2. The van der Waals surface area contributed by atoms with Gasteiger partial charge in [-0.15, -0.1) is 0 Å². The number of hydrogen-bond donors (Lipinski definition) is 2. The third-order valence-corrected chi connectivity index (χ3v) is 2.94. The Balaban J connectivity index is 2.18. The minimum absolute atomic E-state index is 0.0921. The number of hydrogen-bond acceptors (Lipinski definition) is 2. The summed E-state index contributed by atoms with van der Waals surface area (Å²) in [5, 5.41) is 2.82. The van der Waals surface area contributed by atoms with Gasteiger partial charge in [-0.05, 0) is 37.6 Å². The molecule has 0 saturated heterocycles. The van der Waals surface area contributed by atoms with Gasteiger partial charge in [0.1, 0.15) is 5.69 Å². The van der Waals surface area contributed by atoms with E-state index in [4.69, 9.17) is 0 Å². The van der Waals surface area contributed by atoms with Crippen molar-refractivity contribution in [2.24, 2.45) is 0 Å². The van der Waals surface area contributed by atoms with Crippen molar-refractivity contribution < 1.29 is 9.59 Å². The number of H-pyrrole nitrogens is 1. The van der Waals surface area contributed by atoms with Crippen molar-refractivity contribution in [1.82, 2.24) is 4.98 Å².